The first kappa shape index (κ1) is 18.6. The molecule has 0 saturated heterocycles. The van der Waals surface area contributed by atoms with Crippen LogP contribution in [0.4, 0.5) is 0 Å². The van der Waals surface area contributed by atoms with Gasteiger partial charge >= 0.3 is 5.91 Å². The Morgan fingerprint density at radius 3 is 2.28 bits per heavy atom. The number of benzene rings is 3. The number of nitrogens with one attached hydrogen (secondary N) is 1. The lowest BCUT2D eigenvalue weighted by molar-refractivity contribution is 0.0945. The smallest absolute Gasteiger partial charge is 0.264 e. The lowest BCUT2D eigenvalue weighted by Crippen LogP contribution is -2.19. The Morgan fingerprint density at radius 2 is 1.59 bits per heavy atom. The first-order chi connectivity index (χ1) is 14.2. The van der Waals surface area contributed by atoms with Crippen LogP contribution in [0.3, 0.4) is 0 Å². The highest BCUT2D eigenvalue weighted by atomic mass is 35.5. The highest BCUT2D eigenvalue weighted by molar-refractivity contribution is 6.30. The predicted molar refractivity (Wildman–Crippen MR) is 113 cm³/mol. The zero-order valence-corrected chi connectivity index (χ0v) is 16.0. The number of carbonyl (C=O) groups is 1. The molecule has 1 aromatic heterocycles. The van der Waals surface area contributed by atoms with Crippen molar-refractivity contribution in [3.63, 3.8) is 0 Å². The Labute approximate surface area is 172 Å². The number of hydrazone groups is 1. The average Bonchev–Trinajstić information content (AvgIpc) is 3.22. The molecule has 0 fully saturated rings. The molecule has 0 radical (unpaired) electrons. The summed E-state index contributed by atoms with van der Waals surface area (Å²) in [5.41, 5.74) is 4.93. The number of hydrogen-bond donors (Lipinski definition) is 1. The van der Waals surface area contributed by atoms with Crippen LogP contribution in [0, 0.1) is 0 Å². The highest BCUT2D eigenvalue weighted by Crippen LogP contribution is 2.20. The number of amides is 1. The van der Waals surface area contributed by atoms with Crippen LogP contribution in [0.25, 0.3) is 17.1 Å². The lowest BCUT2D eigenvalue weighted by Gasteiger charge is -2.05. The maximum Gasteiger partial charge on any atom is 0.311 e. The van der Waals surface area contributed by atoms with Crippen LogP contribution >= 0.6 is 11.6 Å². The normalized spacial score (nSPS) is 10.9. The van der Waals surface area contributed by atoms with E-state index in [2.05, 4.69) is 20.6 Å². The number of rotatable bonds is 5. The van der Waals surface area contributed by atoms with Crippen LogP contribution in [-0.4, -0.2) is 26.9 Å². The second-order valence-electron chi connectivity index (χ2n) is 6.12. The summed E-state index contributed by atoms with van der Waals surface area (Å²) in [4.78, 5) is 17.0. The fourth-order valence-corrected chi connectivity index (χ4v) is 2.82. The second kappa shape index (κ2) is 8.50. The zero-order chi connectivity index (χ0) is 20.1. The molecule has 0 spiro atoms. The molecule has 0 aliphatic carbocycles. The number of para-hydroxylation sites is 1. The molecule has 1 N–H and O–H groups in total. The molecule has 142 valence electrons. The van der Waals surface area contributed by atoms with Crippen molar-refractivity contribution in [1.29, 1.82) is 0 Å². The topological polar surface area (TPSA) is 72.2 Å². The van der Waals surface area contributed by atoms with Gasteiger partial charge in [0.1, 0.15) is 0 Å². The fourth-order valence-electron chi connectivity index (χ4n) is 2.70. The number of carbonyl (C=O) groups excluding carboxylic acids is 1. The molecule has 29 heavy (non-hydrogen) atoms. The summed E-state index contributed by atoms with van der Waals surface area (Å²) in [6.45, 7) is 0. The van der Waals surface area contributed by atoms with Gasteiger partial charge in [-0.1, -0.05) is 72.3 Å². The maximum absolute atomic E-state index is 12.5. The lowest BCUT2D eigenvalue weighted by atomic mass is 10.2. The van der Waals surface area contributed by atoms with Gasteiger partial charge in [-0.2, -0.15) is 5.10 Å². The molecule has 4 aromatic rings. The van der Waals surface area contributed by atoms with Crippen LogP contribution in [0.5, 0.6) is 0 Å². The van der Waals surface area contributed by atoms with Crippen molar-refractivity contribution in [2.45, 2.75) is 0 Å². The van der Waals surface area contributed by atoms with E-state index in [0.717, 1.165) is 16.8 Å². The summed E-state index contributed by atoms with van der Waals surface area (Å²) in [6, 6.07) is 26.2. The van der Waals surface area contributed by atoms with Crippen LogP contribution in [0.2, 0.25) is 5.02 Å². The molecule has 0 unspecified atom stereocenters. The monoisotopic (exact) mass is 401 g/mol. The van der Waals surface area contributed by atoms with Crippen molar-refractivity contribution in [1.82, 2.24) is 20.2 Å². The standard InChI is InChI=1S/C22H16ClN5O/c23-18-13-11-16(12-14-18)15-24-26-22(29)20-25-21(17-7-3-1-4-8-17)28(27-20)19-9-5-2-6-10-19/h1-15H,(H,26,29)/b24-15-. The number of nitrogens with zero attached hydrogens (tertiary/aromatic N) is 4. The molecule has 1 heterocycles. The summed E-state index contributed by atoms with van der Waals surface area (Å²) in [5.74, 6) is 0.103. The third-order valence-corrected chi connectivity index (χ3v) is 4.34. The molecule has 0 atom stereocenters. The average molecular weight is 402 g/mol. The predicted octanol–water partition coefficient (Wildman–Crippen LogP) is 4.35. The van der Waals surface area contributed by atoms with Gasteiger partial charge in [-0.15, -0.1) is 5.10 Å². The molecular weight excluding hydrogens is 386 g/mol. The minimum absolute atomic E-state index is 0.0287. The van der Waals surface area contributed by atoms with E-state index in [1.54, 1.807) is 28.9 Å². The van der Waals surface area contributed by atoms with E-state index in [9.17, 15) is 4.79 Å². The summed E-state index contributed by atoms with van der Waals surface area (Å²) in [7, 11) is 0. The van der Waals surface area contributed by atoms with E-state index >= 15 is 0 Å². The van der Waals surface area contributed by atoms with Gasteiger partial charge in [0.2, 0.25) is 5.82 Å². The second-order valence-corrected chi connectivity index (χ2v) is 6.56. The van der Waals surface area contributed by atoms with Crippen molar-refractivity contribution in [3.8, 4) is 17.1 Å². The largest absolute Gasteiger partial charge is 0.311 e. The molecular formula is C22H16ClN5O. The van der Waals surface area contributed by atoms with Gasteiger partial charge < -0.3 is 0 Å². The number of halogens is 1. The molecule has 0 aliphatic heterocycles. The Hall–Kier alpha value is -3.77. The first-order valence-electron chi connectivity index (χ1n) is 8.87. The number of hydrogen-bond acceptors (Lipinski definition) is 4. The molecule has 1 amide bonds. The minimum atomic E-state index is -0.498. The van der Waals surface area contributed by atoms with E-state index < -0.39 is 5.91 Å². The summed E-state index contributed by atoms with van der Waals surface area (Å²) in [5, 5.41) is 9.01. The van der Waals surface area contributed by atoms with Gasteiger partial charge in [0.05, 0.1) is 11.9 Å². The Balaban J connectivity index is 1.61. The first-order valence-corrected chi connectivity index (χ1v) is 9.25. The Morgan fingerprint density at radius 1 is 0.931 bits per heavy atom. The van der Waals surface area contributed by atoms with Crippen molar-refractivity contribution in [3.05, 3.63) is 101 Å². The highest BCUT2D eigenvalue weighted by Gasteiger charge is 2.18. The van der Waals surface area contributed by atoms with Gasteiger partial charge in [-0.25, -0.2) is 15.1 Å². The molecule has 6 nitrogen and oxygen atoms in total. The third-order valence-electron chi connectivity index (χ3n) is 4.09. The Kier molecular flexibility index (Phi) is 5.45. The zero-order valence-electron chi connectivity index (χ0n) is 15.2. The molecule has 0 saturated carbocycles. The number of aromatic nitrogens is 3. The van der Waals surface area contributed by atoms with Gasteiger partial charge in [0.25, 0.3) is 0 Å². The quantitative estimate of drug-likeness (QED) is 0.399. The van der Waals surface area contributed by atoms with Crippen LogP contribution < -0.4 is 5.43 Å². The van der Waals surface area contributed by atoms with Crippen molar-refractivity contribution in [2.24, 2.45) is 5.10 Å². The van der Waals surface area contributed by atoms with Crippen molar-refractivity contribution >= 4 is 23.7 Å². The van der Waals surface area contributed by atoms with E-state index in [4.69, 9.17) is 11.6 Å². The van der Waals surface area contributed by atoms with Crippen molar-refractivity contribution < 1.29 is 4.79 Å². The van der Waals surface area contributed by atoms with E-state index in [1.165, 1.54) is 6.21 Å². The van der Waals surface area contributed by atoms with Crippen LogP contribution in [-0.2, 0) is 0 Å². The molecule has 3 aromatic carbocycles. The van der Waals surface area contributed by atoms with Crippen LogP contribution in [0.15, 0.2) is 90.0 Å². The minimum Gasteiger partial charge on any atom is -0.264 e. The summed E-state index contributed by atoms with van der Waals surface area (Å²) >= 11 is 5.86. The van der Waals surface area contributed by atoms with Gasteiger partial charge in [-0.3, -0.25) is 4.79 Å². The van der Waals surface area contributed by atoms with E-state index in [-0.39, 0.29) is 5.82 Å². The SMILES string of the molecule is O=C(N/N=C\c1ccc(Cl)cc1)c1nc(-c2ccccc2)n(-c2ccccc2)n1. The van der Waals surface area contributed by atoms with Gasteiger partial charge in [-0.05, 0) is 29.8 Å². The molecule has 0 bridgehead atoms. The summed E-state index contributed by atoms with van der Waals surface area (Å²) in [6.07, 6.45) is 1.53. The van der Waals surface area contributed by atoms with Crippen molar-refractivity contribution in [2.75, 3.05) is 0 Å². The third kappa shape index (κ3) is 4.39. The maximum atomic E-state index is 12.5. The van der Waals surface area contributed by atoms with E-state index in [0.29, 0.717) is 10.8 Å². The van der Waals surface area contributed by atoms with Crippen LogP contribution in [0.1, 0.15) is 16.2 Å². The Bertz CT molecular complexity index is 1080. The van der Waals surface area contributed by atoms with Gasteiger partial charge in [0, 0.05) is 10.6 Å². The van der Waals surface area contributed by atoms with E-state index in [1.807, 2.05) is 60.7 Å². The summed E-state index contributed by atoms with van der Waals surface area (Å²) < 4.78 is 1.65. The van der Waals surface area contributed by atoms with Gasteiger partial charge in [0.15, 0.2) is 5.82 Å². The molecule has 0 aliphatic rings. The fraction of sp³-hybridized carbons (Fsp3) is 0. The molecule has 7 heteroatoms. The molecule has 4 rings (SSSR count).